The summed E-state index contributed by atoms with van der Waals surface area (Å²) in [4.78, 5) is 57.0. The number of nitrogens with two attached hydrogens (primary N) is 1. The Bertz CT molecular complexity index is 1770. The highest BCUT2D eigenvalue weighted by Gasteiger charge is 2.40. The van der Waals surface area contributed by atoms with Gasteiger partial charge in [0.05, 0.1) is 23.8 Å². The van der Waals surface area contributed by atoms with Crippen molar-refractivity contribution in [1.82, 2.24) is 19.8 Å². The first-order valence-electron chi connectivity index (χ1n) is 17.1. The summed E-state index contributed by atoms with van der Waals surface area (Å²) in [6.45, 7) is 6.71. The van der Waals surface area contributed by atoms with Crippen LogP contribution in [0.2, 0.25) is 0 Å². The number of pyridine rings is 2. The van der Waals surface area contributed by atoms with Gasteiger partial charge in [0.2, 0.25) is 11.8 Å². The van der Waals surface area contributed by atoms with Crippen LogP contribution >= 0.6 is 0 Å². The second-order valence-corrected chi connectivity index (χ2v) is 13.9. The van der Waals surface area contributed by atoms with Gasteiger partial charge in [-0.3, -0.25) is 14.4 Å². The number of aliphatic carboxylic acids is 1. The molecule has 0 saturated heterocycles. The minimum absolute atomic E-state index is 0.00856. The third kappa shape index (κ3) is 11.9. The van der Waals surface area contributed by atoms with Crippen molar-refractivity contribution in [2.45, 2.75) is 96.2 Å². The topological polar surface area (TPSA) is 174 Å². The van der Waals surface area contributed by atoms with Crippen LogP contribution in [-0.4, -0.2) is 92.2 Å². The number of carbonyl (C=O) groups excluding carboxylic acids is 3. The summed E-state index contributed by atoms with van der Waals surface area (Å²) < 4.78 is 73.4. The van der Waals surface area contributed by atoms with E-state index in [0.717, 1.165) is 36.8 Å². The Morgan fingerprint density at radius 3 is 1.61 bits per heavy atom. The summed E-state index contributed by atoms with van der Waals surface area (Å²) in [7, 11) is 0. The molecule has 2 aliphatic carbocycles. The van der Waals surface area contributed by atoms with Gasteiger partial charge in [0.1, 0.15) is 18.8 Å². The minimum Gasteiger partial charge on any atom is -0.475 e. The number of carbonyl (C=O) groups is 4. The summed E-state index contributed by atoms with van der Waals surface area (Å²) in [5.41, 5.74) is 8.56. The highest BCUT2D eigenvalue weighted by Crippen LogP contribution is 2.36. The zero-order valence-electron chi connectivity index (χ0n) is 30.0. The number of alkyl halides is 3. The van der Waals surface area contributed by atoms with Crippen molar-refractivity contribution in [3.8, 4) is 11.8 Å². The number of carboxylic acids is 1. The molecule has 6 rings (SSSR count). The molecule has 0 bridgehead atoms. The van der Waals surface area contributed by atoms with E-state index in [2.05, 4.69) is 9.97 Å². The van der Waals surface area contributed by atoms with E-state index in [9.17, 15) is 36.3 Å². The molecule has 2 aliphatic heterocycles. The number of carboxylic acid groups (broad SMARTS) is 1. The van der Waals surface area contributed by atoms with Gasteiger partial charge >= 0.3 is 18.1 Å². The average Bonchev–Trinajstić information content (AvgIpc) is 4.05. The summed E-state index contributed by atoms with van der Waals surface area (Å²) in [6, 6.07) is 4.22. The minimum atomic E-state index is -5.08. The summed E-state index contributed by atoms with van der Waals surface area (Å²) in [6.07, 6.45) is 3.45. The van der Waals surface area contributed by atoms with Crippen LogP contribution in [-0.2, 0) is 27.4 Å². The Kier molecular flexibility index (Phi) is 13.7. The van der Waals surface area contributed by atoms with Gasteiger partial charge in [-0.2, -0.15) is 13.2 Å². The molecule has 0 atom stereocenters. The lowest BCUT2D eigenvalue weighted by atomic mass is 10.1. The van der Waals surface area contributed by atoms with Crippen LogP contribution in [0, 0.1) is 0 Å². The highest BCUT2D eigenvalue weighted by molar-refractivity contribution is 5.99. The third-order valence-corrected chi connectivity index (χ3v) is 8.26. The van der Waals surface area contributed by atoms with Gasteiger partial charge in [-0.25, -0.2) is 23.5 Å². The fourth-order valence-corrected chi connectivity index (χ4v) is 5.22. The van der Waals surface area contributed by atoms with Crippen molar-refractivity contribution >= 4 is 23.8 Å². The van der Waals surface area contributed by atoms with Crippen molar-refractivity contribution in [3.63, 3.8) is 0 Å². The van der Waals surface area contributed by atoms with Crippen LogP contribution in [0.15, 0.2) is 48.3 Å². The predicted molar refractivity (Wildman–Crippen MR) is 181 cm³/mol. The molecular formula is C36H42F5N5O8. The van der Waals surface area contributed by atoms with Crippen LogP contribution < -0.4 is 15.2 Å². The maximum atomic E-state index is 13.1. The molecule has 0 radical (unpaired) electrons. The molecule has 294 valence electrons. The molecule has 2 aromatic rings. The lowest BCUT2D eigenvalue weighted by Crippen LogP contribution is -2.25. The van der Waals surface area contributed by atoms with E-state index in [1.807, 2.05) is 9.80 Å². The second kappa shape index (κ2) is 17.8. The summed E-state index contributed by atoms with van der Waals surface area (Å²) in [5.74, 6) is -2.33. The largest absolute Gasteiger partial charge is 0.490 e. The number of hydrogen-bond acceptors (Lipinski definition) is 10. The summed E-state index contributed by atoms with van der Waals surface area (Å²) >= 11 is 0. The molecule has 13 nitrogen and oxygen atoms in total. The molecule has 2 aromatic heterocycles. The van der Waals surface area contributed by atoms with Gasteiger partial charge in [-0.05, 0) is 69.6 Å². The molecule has 2 saturated carbocycles. The molecule has 2 amide bonds. The number of hydrogen-bond donors (Lipinski definition) is 2. The molecule has 4 heterocycles. The fourth-order valence-electron chi connectivity index (χ4n) is 5.22. The third-order valence-electron chi connectivity index (χ3n) is 8.26. The van der Waals surface area contributed by atoms with E-state index in [-0.39, 0.29) is 50.4 Å². The normalized spacial score (nSPS) is 16.8. The monoisotopic (exact) mass is 767 g/mol. The Hall–Kier alpha value is -5.13. The molecule has 0 spiro atoms. The Morgan fingerprint density at radius 2 is 1.26 bits per heavy atom. The van der Waals surface area contributed by atoms with Crippen molar-refractivity contribution in [3.05, 3.63) is 70.6 Å². The first-order chi connectivity index (χ1) is 25.4. The molecule has 0 unspecified atom stereocenters. The molecule has 4 aliphatic rings. The van der Waals surface area contributed by atoms with Crippen molar-refractivity contribution in [2.24, 2.45) is 5.73 Å². The van der Waals surface area contributed by atoms with E-state index >= 15 is 0 Å². The zero-order valence-corrected chi connectivity index (χ0v) is 30.0. The van der Waals surface area contributed by atoms with Gasteiger partial charge in [0, 0.05) is 68.2 Å². The number of fused-ring (bicyclic) bond motifs is 2. The number of ether oxygens (including phenoxy) is 3. The maximum absolute atomic E-state index is 13.1. The highest BCUT2D eigenvalue weighted by atomic mass is 19.4. The van der Waals surface area contributed by atoms with Crippen LogP contribution in [0.3, 0.4) is 0 Å². The lowest BCUT2D eigenvalue weighted by Gasteiger charge is -2.19. The van der Waals surface area contributed by atoms with Gasteiger partial charge in [-0.1, -0.05) is 0 Å². The van der Waals surface area contributed by atoms with Crippen LogP contribution in [0.1, 0.15) is 91.1 Å². The van der Waals surface area contributed by atoms with Crippen LogP contribution in [0.4, 0.5) is 22.0 Å². The van der Waals surface area contributed by atoms with E-state index < -0.39 is 17.7 Å². The van der Waals surface area contributed by atoms with E-state index in [1.54, 1.807) is 32.9 Å². The Balaban J connectivity index is 0.000000211. The number of esters is 1. The number of rotatable bonds is 12. The molecule has 3 N–H and O–H groups in total. The Morgan fingerprint density at radius 1 is 0.833 bits per heavy atom. The number of halogens is 5. The second-order valence-electron chi connectivity index (χ2n) is 13.9. The smallest absolute Gasteiger partial charge is 0.475 e. The molecule has 18 heteroatoms. The zero-order chi connectivity index (χ0) is 39.8. The molecular weight excluding hydrogens is 725 g/mol. The van der Waals surface area contributed by atoms with E-state index in [0.29, 0.717) is 71.9 Å². The van der Waals surface area contributed by atoms with Gasteiger partial charge < -0.3 is 34.9 Å². The van der Waals surface area contributed by atoms with E-state index in [4.69, 9.17) is 29.8 Å². The quantitative estimate of drug-likeness (QED) is 0.204. The predicted octanol–water partition coefficient (Wildman–Crippen LogP) is 5.58. The average molecular weight is 768 g/mol. The SMILES string of the molecule is CC(C)(C)OC(=O)CC/C(=C/F)COc1cc2c(cn1)C(=O)N(C1CC1)C2.NC/C(=C/F)COc1cc2c(cn1)C(=O)N(C1CC1)C2.O=C(O)C(F)(F)F. The maximum Gasteiger partial charge on any atom is 0.490 e. The Labute approximate surface area is 307 Å². The van der Waals surface area contributed by atoms with Crippen molar-refractivity contribution < 1.29 is 60.4 Å². The summed E-state index contributed by atoms with van der Waals surface area (Å²) in [5, 5.41) is 7.12. The van der Waals surface area contributed by atoms with Crippen molar-refractivity contribution in [1.29, 1.82) is 0 Å². The van der Waals surface area contributed by atoms with Gasteiger partial charge in [0.25, 0.3) is 11.8 Å². The molecule has 2 fully saturated rings. The number of nitrogens with zero attached hydrogens (tertiary/aromatic N) is 4. The van der Waals surface area contributed by atoms with Gasteiger partial charge in [-0.15, -0.1) is 0 Å². The molecule has 0 aromatic carbocycles. The first-order valence-corrected chi connectivity index (χ1v) is 17.1. The van der Waals surface area contributed by atoms with Crippen molar-refractivity contribution in [2.75, 3.05) is 19.8 Å². The van der Waals surface area contributed by atoms with Gasteiger partial charge in [0.15, 0.2) is 0 Å². The number of aromatic nitrogens is 2. The number of amides is 2. The standard InChI is InChI=1S/C20H25FN2O4.C14H16FN3O2.C2HF3O2/c1-20(2,3)27-18(24)7-4-13(9-21)12-26-17-8-14-11-23(15-5-6-15)19(25)16(14)10-22-17;15-4-9(5-16)8-20-13-3-10-7-18(11-1-2-11)14(19)12(10)6-17-13;3-2(4,5)1(6)7/h8-10,15H,4-7,11-12H2,1-3H3;3-4,6,11H,1-2,5,7-8,16H2;(H,6,7)/b13-9-;9-4-;. The van der Waals surface area contributed by atoms with E-state index in [1.165, 1.54) is 12.4 Å². The molecule has 54 heavy (non-hydrogen) atoms. The lowest BCUT2D eigenvalue weighted by molar-refractivity contribution is -0.192. The van der Waals surface area contributed by atoms with Crippen LogP contribution in [0.25, 0.3) is 0 Å². The first kappa shape index (κ1) is 41.6. The fraction of sp³-hybridized carbons (Fsp3) is 0.500. The van der Waals surface area contributed by atoms with Crippen LogP contribution in [0.5, 0.6) is 11.8 Å².